The molecule has 5 nitrogen and oxygen atoms in total. The highest BCUT2D eigenvalue weighted by molar-refractivity contribution is 9.10. The summed E-state index contributed by atoms with van der Waals surface area (Å²) in [5.41, 5.74) is 1.60. The summed E-state index contributed by atoms with van der Waals surface area (Å²) < 4.78 is 2.42. The molecule has 1 fully saturated rings. The van der Waals surface area contributed by atoms with E-state index in [1.807, 2.05) is 10.9 Å². The van der Waals surface area contributed by atoms with E-state index in [1.165, 1.54) is 0 Å². The third kappa shape index (κ3) is 2.36. The normalized spacial score (nSPS) is 15.2. The molecule has 1 saturated carbocycles. The van der Waals surface area contributed by atoms with Crippen LogP contribution in [0.4, 0.5) is 0 Å². The van der Waals surface area contributed by atoms with Crippen molar-refractivity contribution in [3.05, 3.63) is 32.9 Å². The van der Waals surface area contributed by atoms with E-state index in [2.05, 4.69) is 44.8 Å². The Labute approximate surface area is 119 Å². The fourth-order valence-electron chi connectivity index (χ4n) is 1.98. The number of aromatic amines is 1. The molecule has 1 N–H and O–H groups in total. The van der Waals surface area contributed by atoms with E-state index in [0.29, 0.717) is 22.3 Å². The van der Waals surface area contributed by atoms with Gasteiger partial charge >= 0.3 is 0 Å². The van der Waals surface area contributed by atoms with Crippen LogP contribution >= 0.6 is 15.9 Å². The maximum absolute atomic E-state index is 11.9. The Kier molecular flexibility index (Phi) is 3.05. The third-order valence-electron chi connectivity index (χ3n) is 3.26. The summed E-state index contributed by atoms with van der Waals surface area (Å²) in [6.07, 6.45) is 5.87. The first-order chi connectivity index (χ1) is 9.06. The van der Waals surface area contributed by atoms with E-state index >= 15 is 0 Å². The number of halogens is 1. The van der Waals surface area contributed by atoms with Gasteiger partial charge in [-0.2, -0.15) is 5.10 Å². The van der Waals surface area contributed by atoms with Gasteiger partial charge < -0.3 is 4.98 Å². The Bertz CT molecular complexity index is 670. The molecule has 6 heteroatoms. The highest BCUT2D eigenvalue weighted by atomic mass is 79.9. The van der Waals surface area contributed by atoms with Gasteiger partial charge in [0.05, 0.1) is 17.5 Å². The Balaban J connectivity index is 2.06. The summed E-state index contributed by atoms with van der Waals surface area (Å²) in [5.74, 6) is 1.03. The lowest BCUT2D eigenvalue weighted by Crippen LogP contribution is -2.13. The summed E-state index contributed by atoms with van der Waals surface area (Å²) in [6.45, 7) is 4.12. The zero-order chi connectivity index (χ0) is 13.6. The molecule has 2 heterocycles. The van der Waals surface area contributed by atoms with Crippen molar-refractivity contribution in [1.29, 1.82) is 0 Å². The van der Waals surface area contributed by atoms with Gasteiger partial charge in [-0.25, -0.2) is 4.98 Å². The van der Waals surface area contributed by atoms with E-state index in [-0.39, 0.29) is 5.56 Å². The van der Waals surface area contributed by atoms with Gasteiger partial charge in [-0.3, -0.25) is 9.48 Å². The molecule has 3 rings (SSSR count). The number of hydrogen-bond acceptors (Lipinski definition) is 3. The summed E-state index contributed by atoms with van der Waals surface area (Å²) in [4.78, 5) is 19.3. The fourth-order valence-corrected chi connectivity index (χ4v) is 2.49. The van der Waals surface area contributed by atoms with Crippen molar-refractivity contribution in [3.63, 3.8) is 0 Å². The van der Waals surface area contributed by atoms with Gasteiger partial charge in [0.2, 0.25) is 0 Å². The first-order valence-corrected chi connectivity index (χ1v) is 7.20. The number of aromatic nitrogens is 4. The van der Waals surface area contributed by atoms with Crippen LogP contribution < -0.4 is 5.56 Å². The van der Waals surface area contributed by atoms with Gasteiger partial charge in [0.15, 0.2) is 0 Å². The van der Waals surface area contributed by atoms with Gasteiger partial charge in [0.25, 0.3) is 5.56 Å². The number of H-pyrrole nitrogens is 1. The smallest absolute Gasteiger partial charge is 0.265 e. The first kappa shape index (κ1) is 12.6. The van der Waals surface area contributed by atoms with E-state index in [1.54, 1.807) is 6.20 Å². The van der Waals surface area contributed by atoms with Crippen molar-refractivity contribution in [1.82, 2.24) is 19.7 Å². The van der Waals surface area contributed by atoms with E-state index < -0.39 is 0 Å². The molecular weight excluding hydrogens is 308 g/mol. The summed E-state index contributed by atoms with van der Waals surface area (Å²) in [6, 6.07) is 0.291. The quantitative estimate of drug-likeness (QED) is 0.945. The molecule has 19 heavy (non-hydrogen) atoms. The molecule has 100 valence electrons. The molecule has 2 aromatic rings. The number of nitrogens with zero attached hydrogens (tertiary/aromatic N) is 3. The number of nitrogens with one attached hydrogen (secondary N) is 1. The van der Waals surface area contributed by atoms with Crippen LogP contribution in [0.25, 0.3) is 11.4 Å². The van der Waals surface area contributed by atoms with E-state index in [4.69, 9.17) is 0 Å². The molecule has 2 aromatic heterocycles. The molecule has 0 aromatic carbocycles. The van der Waals surface area contributed by atoms with Gasteiger partial charge in [-0.1, -0.05) is 0 Å². The predicted molar refractivity (Wildman–Crippen MR) is 76.1 cm³/mol. The van der Waals surface area contributed by atoms with Gasteiger partial charge in [0, 0.05) is 18.2 Å². The van der Waals surface area contributed by atoms with Crippen LogP contribution in [0, 0.1) is 0 Å². The van der Waals surface area contributed by atoms with Crippen LogP contribution in [0.2, 0.25) is 0 Å². The fraction of sp³-hybridized carbons (Fsp3) is 0.462. The Morgan fingerprint density at radius 1 is 1.47 bits per heavy atom. The Morgan fingerprint density at radius 3 is 2.79 bits per heavy atom. The molecule has 0 bridgehead atoms. The Hall–Kier alpha value is -1.43. The van der Waals surface area contributed by atoms with Crippen molar-refractivity contribution in [3.8, 4) is 11.4 Å². The van der Waals surface area contributed by atoms with Crippen molar-refractivity contribution in [2.24, 2.45) is 0 Å². The lowest BCUT2D eigenvalue weighted by molar-refractivity contribution is 0.532. The average molecular weight is 323 g/mol. The topological polar surface area (TPSA) is 63.6 Å². The van der Waals surface area contributed by atoms with Gasteiger partial charge in [-0.15, -0.1) is 0 Å². The van der Waals surface area contributed by atoms with Gasteiger partial charge in [0.1, 0.15) is 10.3 Å². The van der Waals surface area contributed by atoms with Crippen molar-refractivity contribution in [2.75, 3.05) is 0 Å². The molecular formula is C13H15BrN4O. The lowest BCUT2D eigenvalue weighted by Gasteiger charge is -2.05. The van der Waals surface area contributed by atoms with Crippen molar-refractivity contribution >= 4 is 15.9 Å². The molecule has 0 aliphatic heterocycles. The molecule has 0 amide bonds. The second kappa shape index (κ2) is 4.59. The zero-order valence-electron chi connectivity index (χ0n) is 10.9. The minimum Gasteiger partial charge on any atom is -0.305 e. The summed E-state index contributed by atoms with van der Waals surface area (Å²) >= 11 is 3.33. The third-order valence-corrected chi connectivity index (χ3v) is 4.02. The number of rotatable bonds is 3. The van der Waals surface area contributed by atoms with Crippen LogP contribution in [0.3, 0.4) is 0 Å². The molecule has 0 atom stereocenters. The largest absolute Gasteiger partial charge is 0.305 e. The van der Waals surface area contributed by atoms with E-state index in [0.717, 1.165) is 24.1 Å². The maximum Gasteiger partial charge on any atom is 0.265 e. The standard InChI is InChI=1S/C13H15BrN4O/c1-7(2)18-6-9(5-15-18)12-16-11(8-3-4-8)10(14)13(19)17-12/h5-8H,3-4H2,1-2H3,(H,16,17,19). The van der Waals surface area contributed by atoms with Crippen LogP contribution in [0.5, 0.6) is 0 Å². The maximum atomic E-state index is 11.9. The van der Waals surface area contributed by atoms with Crippen molar-refractivity contribution in [2.45, 2.75) is 38.6 Å². The highest BCUT2D eigenvalue weighted by Crippen LogP contribution is 2.41. The summed E-state index contributed by atoms with van der Waals surface area (Å²) in [5, 5.41) is 4.28. The van der Waals surface area contributed by atoms with Crippen LogP contribution in [-0.2, 0) is 0 Å². The molecule has 0 unspecified atom stereocenters. The molecule has 0 spiro atoms. The van der Waals surface area contributed by atoms with E-state index in [9.17, 15) is 4.79 Å². The highest BCUT2D eigenvalue weighted by Gasteiger charge is 2.29. The average Bonchev–Trinajstić information content (AvgIpc) is 3.08. The van der Waals surface area contributed by atoms with Gasteiger partial charge in [-0.05, 0) is 42.6 Å². The van der Waals surface area contributed by atoms with Crippen LogP contribution in [0.1, 0.15) is 44.3 Å². The SMILES string of the molecule is CC(C)n1cc(-c2nc(C3CC3)c(Br)c(=O)[nH]2)cn1. The zero-order valence-corrected chi connectivity index (χ0v) is 12.4. The van der Waals surface area contributed by atoms with Crippen molar-refractivity contribution < 1.29 is 0 Å². The molecule has 0 radical (unpaired) electrons. The molecule has 1 aliphatic carbocycles. The summed E-state index contributed by atoms with van der Waals surface area (Å²) in [7, 11) is 0. The molecule has 0 saturated heterocycles. The first-order valence-electron chi connectivity index (χ1n) is 6.40. The second-order valence-corrected chi connectivity index (χ2v) is 5.98. The predicted octanol–water partition coefficient (Wildman–Crippen LogP) is 2.85. The lowest BCUT2D eigenvalue weighted by atomic mass is 10.2. The minimum atomic E-state index is -0.121. The second-order valence-electron chi connectivity index (χ2n) is 5.19. The molecule has 1 aliphatic rings. The van der Waals surface area contributed by atoms with Crippen LogP contribution in [-0.4, -0.2) is 19.7 Å². The minimum absolute atomic E-state index is 0.121. The Morgan fingerprint density at radius 2 is 2.21 bits per heavy atom. The monoisotopic (exact) mass is 322 g/mol. The number of hydrogen-bond donors (Lipinski definition) is 1. The van der Waals surface area contributed by atoms with Crippen LogP contribution in [0.15, 0.2) is 21.7 Å².